The fraction of sp³-hybridized carbons (Fsp3) is 0.486. The van der Waals surface area contributed by atoms with E-state index in [-0.39, 0.29) is 31.3 Å². The van der Waals surface area contributed by atoms with Crippen molar-refractivity contribution in [2.45, 2.75) is 76.2 Å². The zero-order valence-electron chi connectivity index (χ0n) is 25.0. The number of hydrogen-bond acceptors (Lipinski definition) is 7. The van der Waals surface area contributed by atoms with E-state index in [2.05, 4.69) is 78.1 Å². The highest BCUT2D eigenvalue weighted by Gasteiger charge is 2.25. The van der Waals surface area contributed by atoms with Crippen LogP contribution in [0.1, 0.15) is 60.5 Å². The van der Waals surface area contributed by atoms with E-state index in [0.717, 1.165) is 49.8 Å². The summed E-state index contributed by atoms with van der Waals surface area (Å²) < 4.78 is 28.9. The summed E-state index contributed by atoms with van der Waals surface area (Å²) in [5.41, 5.74) is 11.3. The van der Waals surface area contributed by atoms with Gasteiger partial charge in [0.15, 0.2) is 6.29 Å². The van der Waals surface area contributed by atoms with Crippen LogP contribution in [0.2, 0.25) is 0 Å². The maximum atomic E-state index is 6.63. The summed E-state index contributed by atoms with van der Waals surface area (Å²) in [6.07, 6.45) is 5.56. The third kappa shape index (κ3) is 11.6. The molecule has 0 amide bonds. The fourth-order valence-electron chi connectivity index (χ4n) is 5.22. The number of methoxy groups -OCH3 is 1. The van der Waals surface area contributed by atoms with Crippen LogP contribution < -0.4 is 11.1 Å². The van der Waals surface area contributed by atoms with Gasteiger partial charge in [-0.15, -0.1) is 0 Å². The molecule has 42 heavy (non-hydrogen) atoms. The molecule has 0 aromatic heterocycles. The molecule has 0 bridgehead atoms. The van der Waals surface area contributed by atoms with Crippen molar-refractivity contribution in [3.05, 3.63) is 107 Å². The highest BCUT2D eigenvalue weighted by atomic mass is 16.7. The predicted molar refractivity (Wildman–Crippen MR) is 166 cm³/mol. The van der Waals surface area contributed by atoms with Gasteiger partial charge in [0.05, 0.1) is 19.8 Å². The topological polar surface area (TPSA) is 84.2 Å². The van der Waals surface area contributed by atoms with Crippen LogP contribution in [0.25, 0.3) is 0 Å². The smallest absolute Gasteiger partial charge is 0.158 e. The molecule has 0 aliphatic carbocycles. The van der Waals surface area contributed by atoms with Gasteiger partial charge in [0.2, 0.25) is 0 Å². The highest BCUT2D eigenvalue weighted by Crippen LogP contribution is 2.26. The van der Waals surface area contributed by atoms with Crippen molar-refractivity contribution in [2.24, 2.45) is 5.73 Å². The van der Waals surface area contributed by atoms with Crippen LogP contribution in [0.5, 0.6) is 0 Å². The molecule has 3 aromatic carbocycles. The van der Waals surface area contributed by atoms with E-state index in [0.29, 0.717) is 26.4 Å². The zero-order valence-corrected chi connectivity index (χ0v) is 25.0. The molecule has 3 aromatic rings. The minimum atomic E-state index is -0.194. The summed E-state index contributed by atoms with van der Waals surface area (Å²) >= 11 is 0. The molecular weight excluding hydrogens is 528 g/mol. The van der Waals surface area contributed by atoms with Crippen LogP contribution in [0.15, 0.2) is 84.9 Å². The second-order valence-corrected chi connectivity index (χ2v) is 11.0. The van der Waals surface area contributed by atoms with Gasteiger partial charge in [-0.2, -0.15) is 0 Å². The second kappa shape index (κ2) is 18.8. The largest absolute Gasteiger partial charge is 0.382 e. The summed E-state index contributed by atoms with van der Waals surface area (Å²) in [6, 6.07) is 29.5. The maximum Gasteiger partial charge on any atom is 0.158 e. The number of nitrogens with two attached hydrogens (primary N) is 1. The van der Waals surface area contributed by atoms with Crippen molar-refractivity contribution in [1.29, 1.82) is 0 Å². The van der Waals surface area contributed by atoms with Gasteiger partial charge in [0, 0.05) is 32.3 Å². The molecule has 1 saturated heterocycles. The lowest BCUT2D eigenvalue weighted by molar-refractivity contribution is -0.168. The molecular formula is C35H48N2O5. The van der Waals surface area contributed by atoms with Crippen LogP contribution in [-0.4, -0.2) is 52.1 Å². The van der Waals surface area contributed by atoms with Crippen LogP contribution >= 0.6 is 0 Å². The summed E-state index contributed by atoms with van der Waals surface area (Å²) in [7, 11) is 1.67. The van der Waals surface area contributed by atoms with Gasteiger partial charge in [-0.05, 0) is 60.8 Å². The van der Waals surface area contributed by atoms with Crippen LogP contribution in [0.3, 0.4) is 0 Å². The van der Waals surface area contributed by atoms with Crippen molar-refractivity contribution in [3.63, 3.8) is 0 Å². The van der Waals surface area contributed by atoms with Gasteiger partial charge in [0.25, 0.3) is 0 Å². The molecule has 1 aliphatic rings. The maximum absolute atomic E-state index is 6.63. The van der Waals surface area contributed by atoms with Gasteiger partial charge >= 0.3 is 0 Å². The molecule has 0 saturated carbocycles. The lowest BCUT2D eigenvalue weighted by Gasteiger charge is -2.30. The minimum absolute atomic E-state index is 0.0340. The first-order valence-corrected chi connectivity index (χ1v) is 15.3. The first kappa shape index (κ1) is 32.3. The van der Waals surface area contributed by atoms with Gasteiger partial charge in [-0.1, -0.05) is 84.9 Å². The Morgan fingerprint density at radius 3 is 2.31 bits per heavy atom. The molecule has 7 heteroatoms. The monoisotopic (exact) mass is 576 g/mol. The van der Waals surface area contributed by atoms with Crippen LogP contribution in [0, 0.1) is 0 Å². The minimum Gasteiger partial charge on any atom is -0.382 e. The Morgan fingerprint density at radius 2 is 1.60 bits per heavy atom. The standard InChI is InChI=1S/C35H48N2O5/c1-38-22-23-39-27-42-35(31-12-6-3-7-13-31)33(20-19-32(36)24-28-10-4-2-5-11-28)37-25-29-15-17-30(18-16-29)26-41-34-14-8-9-21-40-34/h2-7,10-13,15-18,32-35,37H,8-9,14,19-27,36H2,1H3. The number of rotatable bonds is 19. The summed E-state index contributed by atoms with van der Waals surface area (Å²) in [5.74, 6) is 0. The average molecular weight is 577 g/mol. The van der Waals surface area contributed by atoms with Gasteiger partial charge in [-0.25, -0.2) is 0 Å². The molecule has 0 radical (unpaired) electrons. The summed E-state index contributed by atoms with van der Waals surface area (Å²) in [4.78, 5) is 0. The van der Waals surface area contributed by atoms with Gasteiger partial charge in [0.1, 0.15) is 12.9 Å². The molecule has 0 spiro atoms. The molecule has 7 nitrogen and oxygen atoms in total. The second-order valence-electron chi connectivity index (χ2n) is 11.0. The van der Waals surface area contributed by atoms with Crippen molar-refractivity contribution in [1.82, 2.24) is 5.32 Å². The van der Waals surface area contributed by atoms with E-state index in [1.807, 2.05) is 12.1 Å². The van der Waals surface area contributed by atoms with E-state index >= 15 is 0 Å². The third-order valence-corrected chi connectivity index (χ3v) is 7.61. The quantitative estimate of drug-likeness (QED) is 0.135. The Labute approximate surface area is 251 Å². The molecule has 4 atom stereocenters. The molecule has 3 N–H and O–H groups in total. The SMILES string of the molecule is COCCOCOC(c1ccccc1)C(CCC(N)Cc1ccccc1)NCc1ccc(COC2CCCCO2)cc1. The van der Waals surface area contributed by atoms with Gasteiger partial charge < -0.3 is 34.7 Å². The normalized spacial score (nSPS) is 17.5. The Balaban J connectivity index is 1.39. The first-order chi connectivity index (χ1) is 20.7. The van der Waals surface area contributed by atoms with Crippen LogP contribution in [-0.2, 0) is 43.3 Å². The molecule has 4 unspecified atom stereocenters. The average Bonchev–Trinajstić information content (AvgIpc) is 3.04. The molecule has 1 heterocycles. The van der Waals surface area contributed by atoms with E-state index in [9.17, 15) is 0 Å². The number of ether oxygens (including phenoxy) is 5. The summed E-state index contributed by atoms with van der Waals surface area (Å²) in [5, 5.41) is 3.80. The first-order valence-electron chi connectivity index (χ1n) is 15.3. The predicted octanol–water partition coefficient (Wildman–Crippen LogP) is 5.92. The lowest BCUT2D eigenvalue weighted by atomic mass is 9.94. The highest BCUT2D eigenvalue weighted by molar-refractivity contribution is 5.23. The van der Waals surface area contributed by atoms with Crippen molar-refractivity contribution >= 4 is 0 Å². The Bertz CT molecular complexity index is 1090. The number of nitrogens with one attached hydrogen (secondary N) is 1. The molecule has 1 fully saturated rings. The van der Waals surface area contributed by atoms with Crippen molar-refractivity contribution in [3.8, 4) is 0 Å². The van der Waals surface area contributed by atoms with Gasteiger partial charge in [-0.3, -0.25) is 0 Å². The zero-order chi connectivity index (χ0) is 29.2. The van der Waals surface area contributed by atoms with E-state index in [4.69, 9.17) is 29.4 Å². The molecule has 4 rings (SSSR count). The number of hydrogen-bond donors (Lipinski definition) is 2. The Morgan fingerprint density at radius 1 is 0.857 bits per heavy atom. The van der Waals surface area contributed by atoms with Crippen LogP contribution in [0.4, 0.5) is 0 Å². The Hall–Kier alpha value is -2.62. The molecule has 1 aliphatic heterocycles. The summed E-state index contributed by atoms with van der Waals surface area (Å²) in [6.45, 7) is 3.28. The number of benzene rings is 3. The Kier molecular flexibility index (Phi) is 14.5. The van der Waals surface area contributed by atoms with E-state index < -0.39 is 0 Å². The fourth-order valence-corrected chi connectivity index (χ4v) is 5.22. The van der Waals surface area contributed by atoms with Crippen molar-refractivity contribution < 1.29 is 23.7 Å². The lowest BCUT2D eigenvalue weighted by Crippen LogP contribution is -2.38. The molecule has 228 valence electrons. The van der Waals surface area contributed by atoms with E-state index in [1.165, 1.54) is 17.5 Å². The van der Waals surface area contributed by atoms with E-state index in [1.54, 1.807) is 7.11 Å². The van der Waals surface area contributed by atoms with Crippen molar-refractivity contribution in [2.75, 3.05) is 33.7 Å². The third-order valence-electron chi connectivity index (χ3n) is 7.61.